The fourth-order valence-electron chi connectivity index (χ4n) is 3.16. The third-order valence-electron chi connectivity index (χ3n) is 4.96. The van der Waals surface area contributed by atoms with E-state index in [0.717, 1.165) is 28.1 Å². The molecule has 0 fully saturated rings. The highest BCUT2D eigenvalue weighted by Crippen LogP contribution is 2.20. The normalized spacial score (nSPS) is 11.4. The van der Waals surface area contributed by atoms with Gasteiger partial charge in [0.15, 0.2) is 0 Å². The van der Waals surface area contributed by atoms with E-state index in [4.69, 9.17) is 0 Å². The number of sulfonamides is 1. The van der Waals surface area contributed by atoms with Gasteiger partial charge in [-0.2, -0.15) is 4.98 Å². The quantitative estimate of drug-likeness (QED) is 0.456. The first kappa shape index (κ1) is 22.7. The standard InChI is InChI=1S/C23H29N5O2S/c1-15-6-8-20(9-7-15)27-22-14-19(5)26-23(28-22)24-10-11-25-31(29,30)21-13-17(3)16(2)12-18(21)4/h6-9,12-14,25H,10-11H2,1-5H3,(H2,24,26,27,28). The molecule has 3 rings (SSSR count). The monoisotopic (exact) mass is 439 g/mol. The average molecular weight is 440 g/mol. The van der Waals surface area contributed by atoms with Crippen molar-refractivity contribution in [2.45, 2.75) is 39.5 Å². The summed E-state index contributed by atoms with van der Waals surface area (Å²) in [5, 5.41) is 6.35. The van der Waals surface area contributed by atoms with Gasteiger partial charge in [-0.3, -0.25) is 0 Å². The first-order valence-electron chi connectivity index (χ1n) is 10.1. The Labute approximate surface area is 184 Å². The summed E-state index contributed by atoms with van der Waals surface area (Å²) < 4.78 is 28.0. The second-order valence-electron chi connectivity index (χ2n) is 7.74. The third-order valence-corrected chi connectivity index (χ3v) is 6.56. The zero-order valence-corrected chi connectivity index (χ0v) is 19.4. The molecule has 0 radical (unpaired) electrons. The number of hydrogen-bond donors (Lipinski definition) is 3. The van der Waals surface area contributed by atoms with Crippen LogP contribution in [0.2, 0.25) is 0 Å². The van der Waals surface area contributed by atoms with Crippen molar-refractivity contribution in [3.63, 3.8) is 0 Å². The molecule has 0 amide bonds. The molecule has 0 saturated carbocycles. The number of nitrogens with one attached hydrogen (secondary N) is 3. The lowest BCUT2D eigenvalue weighted by Crippen LogP contribution is -2.29. The van der Waals surface area contributed by atoms with Gasteiger partial charge in [0.25, 0.3) is 0 Å². The molecule has 7 nitrogen and oxygen atoms in total. The molecule has 0 unspecified atom stereocenters. The fourth-order valence-corrected chi connectivity index (χ4v) is 4.50. The molecule has 3 N–H and O–H groups in total. The summed E-state index contributed by atoms with van der Waals surface area (Å²) in [6, 6.07) is 13.5. The Kier molecular flexibility index (Phi) is 6.92. The number of benzene rings is 2. The van der Waals surface area contributed by atoms with Gasteiger partial charge < -0.3 is 10.6 Å². The second-order valence-corrected chi connectivity index (χ2v) is 9.47. The minimum atomic E-state index is -3.59. The molecule has 1 aromatic heterocycles. The maximum absolute atomic E-state index is 12.7. The van der Waals surface area contributed by atoms with Gasteiger partial charge in [0, 0.05) is 30.5 Å². The largest absolute Gasteiger partial charge is 0.353 e. The van der Waals surface area contributed by atoms with Crippen molar-refractivity contribution >= 4 is 27.5 Å². The SMILES string of the molecule is Cc1ccc(Nc2cc(C)nc(NCCNS(=O)(=O)c3cc(C)c(C)cc3C)n2)cc1. The third kappa shape index (κ3) is 6.02. The predicted octanol–water partition coefficient (Wildman–Crippen LogP) is 4.15. The van der Waals surface area contributed by atoms with E-state index < -0.39 is 10.0 Å². The van der Waals surface area contributed by atoms with Crippen LogP contribution in [0, 0.1) is 34.6 Å². The lowest BCUT2D eigenvalue weighted by atomic mass is 10.1. The number of anilines is 3. The highest BCUT2D eigenvalue weighted by atomic mass is 32.2. The van der Waals surface area contributed by atoms with Gasteiger partial charge >= 0.3 is 0 Å². The lowest BCUT2D eigenvalue weighted by Gasteiger charge is -2.13. The Bertz CT molecular complexity index is 1180. The molecule has 3 aromatic rings. The van der Waals surface area contributed by atoms with Crippen LogP contribution in [-0.4, -0.2) is 31.5 Å². The summed E-state index contributed by atoms with van der Waals surface area (Å²) in [5.41, 5.74) is 5.68. The van der Waals surface area contributed by atoms with Gasteiger partial charge in [-0.1, -0.05) is 23.8 Å². The van der Waals surface area contributed by atoms with Crippen LogP contribution < -0.4 is 15.4 Å². The molecule has 0 saturated heterocycles. The minimum absolute atomic E-state index is 0.215. The Morgan fingerprint density at radius 3 is 2.19 bits per heavy atom. The topological polar surface area (TPSA) is 96.0 Å². The summed E-state index contributed by atoms with van der Waals surface area (Å²) in [7, 11) is -3.59. The van der Waals surface area contributed by atoms with Crippen molar-refractivity contribution in [3.8, 4) is 0 Å². The minimum Gasteiger partial charge on any atom is -0.353 e. The van der Waals surface area contributed by atoms with Crippen LogP contribution >= 0.6 is 0 Å². The van der Waals surface area contributed by atoms with E-state index in [1.54, 1.807) is 6.07 Å². The molecule has 0 aliphatic heterocycles. The van der Waals surface area contributed by atoms with Gasteiger partial charge in [-0.05, 0) is 69.5 Å². The van der Waals surface area contributed by atoms with E-state index in [2.05, 4.69) is 25.3 Å². The first-order valence-corrected chi connectivity index (χ1v) is 11.6. The van der Waals surface area contributed by atoms with Crippen molar-refractivity contribution in [2.24, 2.45) is 0 Å². The van der Waals surface area contributed by atoms with Gasteiger partial charge in [0.1, 0.15) is 5.82 Å². The summed E-state index contributed by atoms with van der Waals surface area (Å²) >= 11 is 0. The molecule has 0 aliphatic carbocycles. The molecule has 164 valence electrons. The van der Waals surface area contributed by atoms with Crippen LogP contribution in [0.1, 0.15) is 27.9 Å². The van der Waals surface area contributed by atoms with Gasteiger partial charge in [0.05, 0.1) is 4.90 Å². The van der Waals surface area contributed by atoms with Crippen molar-refractivity contribution in [1.29, 1.82) is 0 Å². The van der Waals surface area contributed by atoms with Crippen LogP contribution in [0.4, 0.5) is 17.5 Å². The second kappa shape index (κ2) is 9.45. The van der Waals surface area contributed by atoms with E-state index in [1.165, 1.54) is 5.56 Å². The van der Waals surface area contributed by atoms with Crippen LogP contribution in [-0.2, 0) is 10.0 Å². The maximum atomic E-state index is 12.7. The molecule has 2 aromatic carbocycles. The molecule has 1 heterocycles. The molecule has 0 aliphatic rings. The van der Waals surface area contributed by atoms with Crippen LogP contribution in [0.25, 0.3) is 0 Å². The molecular weight excluding hydrogens is 410 g/mol. The summed E-state index contributed by atoms with van der Waals surface area (Å²) in [6.07, 6.45) is 0. The zero-order valence-electron chi connectivity index (χ0n) is 18.6. The number of hydrogen-bond acceptors (Lipinski definition) is 6. The van der Waals surface area contributed by atoms with Gasteiger partial charge in [-0.25, -0.2) is 18.1 Å². The zero-order chi connectivity index (χ0) is 22.6. The van der Waals surface area contributed by atoms with Crippen molar-refractivity contribution in [2.75, 3.05) is 23.7 Å². The number of aromatic nitrogens is 2. The first-order chi connectivity index (χ1) is 14.6. The maximum Gasteiger partial charge on any atom is 0.240 e. The Morgan fingerprint density at radius 1 is 0.806 bits per heavy atom. The van der Waals surface area contributed by atoms with E-state index in [1.807, 2.05) is 71.0 Å². The summed E-state index contributed by atoms with van der Waals surface area (Å²) in [4.78, 5) is 9.16. The molecule has 0 bridgehead atoms. The molecule has 0 spiro atoms. The Morgan fingerprint density at radius 2 is 1.48 bits per heavy atom. The van der Waals surface area contributed by atoms with Crippen molar-refractivity contribution in [1.82, 2.24) is 14.7 Å². The van der Waals surface area contributed by atoms with Crippen molar-refractivity contribution < 1.29 is 8.42 Å². The van der Waals surface area contributed by atoms with E-state index in [-0.39, 0.29) is 6.54 Å². The average Bonchev–Trinajstić information content (AvgIpc) is 2.69. The predicted molar refractivity (Wildman–Crippen MR) is 126 cm³/mol. The highest BCUT2D eigenvalue weighted by molar-refractivity contribution is 7.89. The van der Waals surface area contributed by atoms with Gasteiger partial charge in [-0.15, -0.1) is 0 Å². The highest BCUT2D eigenvalue weighted by Gasteiger charge is 2.17. The van der Waals surface area contributed by atoms with Gasteiger partial charge in [0.2, 0.25) is 16.0 Å². The van der Waals surface area contributed by atoms with E-state index in [9.17, 15) is 8.42 Å². The molecule has 31 heavy (non-hydrogen) atoms. The number of aryl methyl sites for hydroxylation is 5. The van der Waals surface area contributed by atoms with E-state index in [0.29, 0.717) is 23.2 Å². The number of rotatable bonds is 8. The molecule has 8 heteroatoms. The smallest absolute Gasteiger partial charge is 0.240 e. The fraction of sp³-hybridized carbons (Fsp3) is 0.304. The van der Waals surface area contributed by atoms with Crippen LogP contribution in [0.15, 0.2) is 47.4 Å². The van der Waals surface area contributed by atoms with Crippen molar-refractivity contribution in [3.05, 3.63) is 70.4 Å². The van der Waals surface area contributed by atoms with E-state index >= 15 is 0 Å². The Balaban J connectivity index is 1.61. The molecule has 0 atom stereocenters. The Hall–Kier alpha value is -2.97. The number of nitrogens with zero attached hydrogens (tertiary/aromatic N) is 2. The molecular formula is C23H29N5O2S. The summed E-state index contributed by atoms with van der Waals surface area (Å²) in [5.74, 6) is 1.11. The van der Waals surface area contributed by atoms with Crippen LogP contribution in [0.3, 0.4) is 0 Å². The summed E-state index contributed by atoms with van der Waals surface area (Å²) in [6.45, 7) is 10.2. The lowest BCUT2D eigenvalue weighted by molar-refractivity contribution is 0.582. The van der Waals surface area contributed by atoms with Crippen LogP contribution in [0.5, 0.6) is 0 Å².